The first kappa shape index (κ1) is 19.6. The van der Waals surface area contributed by atoms with E-state index in [0.29, 0.717) is 11.2 Å². The van der Waals surface area contributed by atoms with Crippen molar-refractivity contribution in [1.82, 2.24) is 9.78 Å². The van der Waals surface area contributed by atoms with E-state index in [0.717, 1.165) is 22.3 Å². The van der Waals surface area contributed by atoms with Crippen LogP contribution in [0.5, 0.6) is 0 Å². The van der Waals surface area contributed by atoms with Gasteiger partial charge in [0.2, 0.25) is 0 Å². The molecular weight excluding hydrogens is 381 g/mol. The van der Waals surface area contributed by atoms with Crippen LogP contribution in [0.15, 0.2) is 72.8 Å². The van der Waals surface area contributed by atoms with E-state index in [1.807, 2.05) is 69.3 Å². The van der Waals surface area contributed by atoms with Crippen molar-refractivity contribution in [3.05, 3.63) is 78.6 Å². The lowest BCUT2D eigenvalue weighted by molar-refractivity contribution is 0.0523. The second kappa shape index (κ2) is 7.63. The minimum absolute atomic E-state index is 0.300. The third-order valence-corrected chi connectivity index (χ3v) is 4.43. The van der Waals surface area contributed by atoms with Gasteiger partial charge in [-0.25, -0.2) is 9.18 Å². The highest BCUT2D eigenvalue weighted by Crippen LogP contribution is 2.31. The molecule has 3 aromatic carbocycles. The molecular formula is C24H22FN3O2. The number of hydrogen-bond acceptors (Lipinski definition) is 4. The maximum absolute atomic E-state index is 13.2. The zero-order valence-electron chi connectivity index (χ0n) is 17.0. The van der Waals surface area contributed by atoms with Crippen LogP contribution in [0.1, 0.15) is 20.8 Å². The summed E-state index contributed by atoms with van der Waals surface area (Å²) in [5.41, 5.74) is 3.07. The van der Waals surface area contributed by atoms with Crippen LogP contribution in [0.25, 0.3) is 22.2 Å². The predicted octanol–water partition coefficient (Wildman–Crippen LogP) is 6.37. The largest absolute Gasteiger partial charge is 0.442 e. The van der Waals surface area contributed by atoms with Crippen molar-refractivity contribution in [3.8, 4) is 11.3 Å². The van der Waals surface area contributed by atoms with Crippen molar-refractivity contribution >= 4 is 28.4 Å². The molecule has 0 amide bonds. The highest BCUT2D eigenvalue weighted by Gasteiger charge is 2.23. The van der Waals surface area contributed by atoms with Crippen LogP contribution in [0.3, 0.4) is 0 Å². The molecule has 0 aliphatic carbocycles. The van der Waals surface area contributed by atoms with Gasteiger partial charge in [-0.2, -0.15) is 9.78 Å². The lowest BCUT2D eigenvalue weighted by atomic mass is 10.1. The van der Waals surface area contributed by atoms with Crippen LogP contribution < -0.4 is 5.32 Å². The highest BCUT2D eigenvalue weighted by atomic mass is 19.1. The topological polar surface area (TPSA) is 56.2 Å². The van der Waals surface area contributed by atoms with Crippen molar-refractivity contribution < 1.29 is 13.9 Å². The Labute approximate surface area is 174 Å². The molecule has 152 valence electrons. The van der Waals surface area contributed by atoms with Crippen LogP contribution >= 0.6 is 0 Å². The van der Waals surface area contributed by atoms with E-state index >= 15 is 0 Å². The molecule has 30 heavy (non-hydrogen) atoms. The fourth-order valence-electron chi connectivity index (χ4n) is 3.15. The first-order valence-electron chi connectivity index (χ1n) is 9.64. The van der Waals surface area contributed by atoms with Crippen molar-refractivity contribution in [1.29, 1.82) is 0 Å². The Hall–Kier alpha value is -3.67. The van der Waals surface area contributed by atoms with Crippen molar-refractivity contribution in [3.63, 3.8) is 0 Å². The molecule has 4 aromatic rings. The summed E-state index contributed by atoms with van der Waals surface area (Å²) in [6, 6.07) is 21.4. The Bertz CT molecular complexity index is 1190. The van der Waals surface area contributed by atoms with Gasteiger partial charge in [-0.05, 0) is 63.2 Å². The van der Waals surface area contributed by atoms with Gasteiger partial charge >= 0.3 is 6.09 Å². The molecule has 0 saturated heterocycles. The van der Waals surface area contributed by atoms with E-state index in [-0.39, 0.29) is 5.82 Å². The summed E-state index contributed by atoms with van der Waals surface area (Å²) in [5.74, 6) is -0.300. The second-order valence-electron chi connectivity index (χ2n) is 7.97. The number of benzene rings is 3. The minimum Gasteiger partial charge on any atom is -0.442 e. The molecule has 0 atom stereocenters. The summed E-state index contributed by atoms with van der Waals surface area (Å²) in [7, 11) is 0. The summed E-state index contributed by atoms with van der Waals surface area (Å²) in [6.45, 7) is 5.45. The average molecular weight is 403 g/mol. The van der Waals surface area contributed by atoms with Crippen LogP contribution in [0, 0.1) is 5.82 Å². The summed E-state index contributed by atoms with van der Waals surface area (Å²) < 4.78 is 20.0. The quantitative estimate of drug-likeness (QED) is 0.432. The third-order valence-electron chi connectivity index (χ3n) is 4.43. The minimum atomic E-state index is -0.647. The van der Waals surface area contributed by atoms with Gasteiger partial charge in [-0.15, -0.1) is 0 Å². The summed E-state index contributed by atoms with van der Waals surface area (Å²) in [6.07, 6.45) is -0.548. The number of anilines is 2. The van der Waals surface area contributed by atoms with Gasteiger partial charge in [0.05, 0.1) is 5.52 Å². The smallest absolute Gasteiger partial charge is 0.435 e. The molecule has 5 nitrogen and oxygen atoms in total. The van der Waals surface area contributed by atoms with Crippen LogP contribution in [-0.4, -0.2) is 21.5 Å². The number of carbonyl (C=O) groups excluding carboxylic acids is 1. The lowest BCUT2D eigenvalue weighted by Gasteiger charge is -2.19. The number of hydrogen-bond donors (Lipinski definition) is 1. The SMILES string of the molecule is CC(C)(C)OC(=O)n1nc(-c2ccccc2)c2ccc(Nc3ccc(F)cc3)cc21. The number of fused-ring (bicyclic) bond motifs is 1. The lowest BCUT2D eigenvalue weighted by Crippen LogP contribution is -2.27. The van der Waals surface area contributed by atoms with Crippen molar-refractivity contribution in [2.24, 2.45) is 0 Å². The molecule has 0 radical (unpaired) electrons. The van der Waals surface area contributed by atoms with Crippen molar-refractivity contribution in [2.45, 2.75) is 26.4 Å². The van der Waals surface area contributed by atoms with E-state index in [4.69, 9.17) is 4.74 Å². The molecule has 0 aliphatic rings. The zero-order chi connectivity index (χ0) is 21.3. The van der Waals surface area contributed by atoms with Gasteiger partial charge in [0.1, 0.15) is 17.1 Å². The fourth-order valence-corrected chi connectivity index (χ4v) is 3.15. The maximum atomic E-state index is 13.2. The van der Waals surface area contributed by atoms with Gasteiger partial charge in [0, 0.05) is 22.3 Å². The van der Waals surface area contributed by atoms with E-state index in [1.165, 1.54) is 16.8 Å². The molecule has 0 aliphatic heterocycles. The van der Waals surface area contributed by atoms with E-state index in [2.05, 4.69) is 10.4 Å². The molecule has 0 fully saturated rings. The summed E-state index contributed by atoms with van der Waals surface area (Å²) in [4.78, 5) is 12.8. The molecule has 1 N–H and O–H groups in total. The molecule has 6 heteroatoms. The second-order valence-corrected chi connectivity index (χ2v) is 7.97. The van der Waals surface area contributed by atoms with E-state index in [9.17, 15) is 9.18 Å². The summed E-state index contributed by atoms with van der Waals surface area (Å²) in [5, 5.41) is 8.63. The third kappa shape index (κ3) is 4.17. The summed E-state index contributed by atoms with van der Waals surface area (Å²) >= 11 is 0. The maximum Gasteiger partial charge on any atom is 0.435 e. The Balaban J connectivity index is 1.80. The van der Waals surface area contributed by atoms with Gasteiger partial charge in [0.25, 0.3) is 0 Å². The highest BCUT2D eigenvalue weighted by molar-refractivity contribution is 5.99. The zero-order valence-corrected chi connectivity index (χ0v) is 17.0. The van der Waals surface area contributed by atoms with Gasteiger partial charge in [-0.3, -0.25) is 0 Å². The number of ether oxygens (including phenoxy) is 1. The molecule has 1 aromatic heterocycles. The van der Waals surface area contributed by atoms with Gasteiger partial charge < -0.3 is 10.1 Å². The number of carbonyl (C=O) groups is 1. The normalized spacial score (nSPS) is 11.5. The molecule has 0 saturated carbocycles. The number of aromatic nitrogens is 2. The average Bonchev–Trinajstić information content (AvgIpc) is 3.08. The molecule has 0 bridgehead atoms. The number of nitrogens with zero attached hydrogens (tertiary/aromatic N) is 2. The van der Waals surface area contributed by atoms with Crippen LogP contribution in [-0.2, 0) is 4.74 Å². The van der Waals surface area contributed by atoms with E-state index in [1.54, 1.807) is 12.1 Å². The van der Waals surface area contributed by atoms with Crippen LogP contribution in [0.4, 0.5) is 20.6 Å². The van der Waals surface area contributed by atoms with Gasteiger partial charge in [-0.1, -0.05) is 30.3 Å². The van der Waals surface area contributed by atoms with Crippen LogP contribution in [0.2, 0.25) is 0 Å². The Kier molecular flexibility index (Phi) is 4.99. The fraction of sp³-hybridized carbons (Fsp3) is 0.167. The first-order valence-corrected chi connectivity index (χ1v) is 9.64. The number of rotatable bonds is 3. The standard InChI is InChI=1S/C24H22FN3O2/c1-24(2,3)30-23(29)28-21-15-19(26-18-11-9-17(25)10-12-18)13-14-20(21)22(27-28)16-7-5-4-6-8-16/h4-15,26H,1-3H3. The number of halogens is 1. The van der Waals surface area contributed by atoms with Gasteiger partial charge in [0.15, 0.2) is 0 Å². The molecule has 0 unspecified atom stereocenters. The molecule has 0 spiro atoms. The predicted molar refractivity (Wildman–Crippen MR) is 116 cm³/mol. The number of nitrogens with one attached hydrogen (secondary N) is 1. The van der Waals surface area contributed by atoms with Crippen molar-refractivity contribution in [2.75, 3.05) is 5.32 Å². The monoisotopic (exact) mass is 403 g/mol. The molecule has 1 heterocycles. The first-order chi connectivity index (χ1) is 14.3. The Morgan fingerprint density at radius 2 is 1.63 bits per heavy atom. The molecule has 4 rings (SSSR count). The Morgan fingerprint density at radius 1 is 0.967 bits per heavy atom. The Morgan fingerprint density at radius 3 is 2.30 bits per heavy atom. The van der Waals surface area contributed by atoms with E-state index < -0.39 is 11.7 Å².